The number of halogens is 1. The number of nitrogens with one attached hydrogen (secondary N) is 2. The zero-order chi connectivity index (χ0) is 13.7. The number of aromatic nitrogens is 1. The lowest BCUT2D eigenvalue weighted by Gasteiger charge is -2.10. The van der Waals surface area contributed by atoms with Gasteiger partial charge in [0.2, 0.25) is 0 Å². The third-order valence-corrected chi connectivity index (χ3v) is 3.01. The first-order valence-corrected chi connectivity index (χ1v) is 6.81. The van der Waals surface area contributed by atoms with E-state index in [1.165, 1.54) is 0 Å². The third-order valence-electron chi connectivity index (χ3n) is 2.69. The fourth-order valence-electron chi connectivity index (χ4n) is 1.72. The Morgan fingerprint density at radius 2 is 1.95 bits per heavy atom. The second kappa shape index (κ2) is 6.43. The molecule has 0 amide bonds. The maximum atomic E-state index is 6.20. The third kappa shape index (κ3) is 3.86. The van der Waals surface area contributed by atoms with Crippen LogP contribution in [0.25, 0.3) is 0 Å². The molecule has 0 aliphatic heterocycles. The Bertz CT molecular complexity index is 555. The molecular weight excluding hydrogens is 258 g/mol. The average Bonchev–Trinajstić information content (AvgIpc) is 2.40. The Balaban J connectivity index is 2.14. The zero-order valence-electron chi connectivity index (χ0n) is 11.2. The fraction of sp³-hybridized carbons (Fsp3) is 0.267. The summed E-state index contributed by atoms with van der Waals surface area (Å²) in [6.45, 7) is 5.06. The van der Waals surface area contributed by atoms with Crippen molar-refractivity contribution in [2.75, 3.05) is 17.2 Å². The van der Waals surface area contributed by atoms with Gasteiger partial charge in [-0.1, -0.05) is 30.7 Å². The van der Waals surface area contributed by atoms with Gasteiger partial charge in [-0.05, 0) is 43.2 Å². The van der Waals surface area contributed by atoms with Gasteiger partial charge in [-0.15, -0.1) is 0 Å². The molecule has 4 heteroatoms. The number of aryl methyl sites for hydroxylation is 1. The molecule has 0 radical (unpaired) electrons. The van der Waals surface area contributed by atoms with E-state index in [0.29, 0.717) is 5.02 Å². The quantitative estimate of drug-likeness (QED) is 0.837. The van der Waals surface area contributed by atoms with Gasteiger partial charge in [0, 0.05) is 6.54 Å². The molecule has 0 spiro atoms. The van der Waals surface area contributed by atoms with Gasteiger partial charge in [0.05, 0.1) is 10.7 Å². The smallest absolute Gasteiger partial charge is 0.132 e. The van der Waals surface area contributed by atoms with E-state index in [4.69, 9.17) is 11.6 Å². The van der Waals surface area contributed by atoms with Gasteiger partial charge in [-0.3, -0.25) is 0 Å². The molecule has 1 aromatic heterocycles. The van der Waals surface area contributed by atoms with Crippen LogP contribution >= 0.6 is 11.6 Å². The first-order chi connectivity index (χ1) is 9.19. The zero-order valence-corrected chi connectivity index (χ0v) is 12.0. The summed E-state index contributed by atoms with van der Waals surface area (Å²) in [6, 6.07) is 11.8. The highest BCUT2D eigenvalue weighted by molar-refractivity contribution is 6.33. The van der Waals surface area contributed by atoms with Crippen LogP contribution in [0.5, 0.6) is 0 Å². The Labute approximate surface area is 119 Å². The van der Waals surface area contributed by atoms with Crippen molar-refractivity contribution in [3.05, 3.63) is 47.0 Å². The van der Waals surface area contributed by atoms with Gasteiger partial charge >= 0.3 is 0 Å². The van der Waals surface area contributed by atoms with Crippen LogP contribution in [0.3, 0.4) is 0 Å². The molecule has 0 saturated heterocycles. The molecule has 1 heterocycles. The fourth-order valence-corrected chi connectivity index (χ4v) is 2.00. The molecule has 0 atom stereocenters. The number of rotatable bonds is 5. The molecule has 2 aromatic rings. The van der Waals surface area contributed by atoms with Crippen LogP contribution in [0, 0.1) is 6.92 Å². The molecule has 2 rings (SSSR count). The van der Waals surface area contributed by atoms with Crippen molar-refractivity contribution in [1.82, 2.24) is 4.98 Å². The van der Waals surface area contributed by atoms with E-state index in [2.05, 4.69) is 22.5 Å². The summed E-state index contributed by atoms with van der Waals surface area (Å²) >= 11 is 6.20. The van der Waals surface area contributed by atoms with Crippen LogP contribution in [-0.2, 0) is 0 Å². The van der Waals surface area contributed by atoms with Gasteiger partial charge in [0.15, 0.2) is 0 Å². The molecule has 3 nitrogen and oxygen atoms in total. The number of pyridine rings is 1. The predicted molar refractivity (Wildman–Crippen MR) is 82.5 cm³/mol. The lowest BCUT2D eigenvalue weighted by molar-refractivity contribution is 0.970. The van der Waals surface area contributed by atoms with Crippen LogP contribution in [-0.4, -0.2) is 11.5 Å². The van der Waals surface area contributed by atoms with Crippen LogP contribution < -0.4 is 10.6 Å². The molecular formula is C15H18ClN3. The maximum Gasteiger partial charge on any atom is 0.132 e. The molecule has 0 bridgehead atoms. The maximum absolute atomic E-state index is 6.20. The summed E-state index contributed by atoms with van der Waals surface area (Å²) in [5.41, 5.74) is 2.01. The highest BCUT2D eigenvalue weighted by atomic mass is 35.5. The Kier molecular flexibility index (Phi) is 4.63. The van der Waals surface area contributed by atoms with E-state index in [-0.39, 0.29) is 0 Å². The molecule has 0 unspecified atom stereocenters. The van der Waals surface area contributed by atoms with E-state index in [1.54, 1.807) is 0 Å². The summed E-state index contributed by atoms with van der Waals surface area (Å²) in [5, 5.41) is 7.20. The molecule has 2 N–H and O–H groups in total. The van der Waals surface area contributed by atoms with Gasteiger partial charge in [0.1, 0.15) is 11.6 Å². The van der Waals surface area contributed by atoms with Gasteiger partial charge < -0.3 is 10.6 Å². The minimum Gasteiger partial charge on any atom is -0.370 e. The highest BCUT2D eigenvalue weighted by Crippen LogP contribution is 2.25. The minimum absolute atomic E-state index is 0.703. The van der Waals surface area contributed by atoms with E-state index in [0.717, 1.165) is 35.9 Å². The first-order valence-electron chi connectivity index (χ1n) is 6.43. The van der Waals surface area contributed by atoms with Crippen molar-refractivity contribution >= 4 is 28.9 Å². The van der Waals surface area contributed by atoms with Crippen LogP contribution in [0.2, 0.25) is 5.02 Å². The van der Waals surface area contributed by atoms with Crippen LogP contribution in [0.15, 0.2) is 36.4 Å². The minimum atomic E-state index is 0.703. The van der Waals surface area contributed by atoms with Gasteiger partial charge in [-0.25, -0.2) is 4.98 Å². The lowest BCUT2D eigenvalue weighted by atomic mass is 10.2. The Hall–Kier alpha value is -1.74. The molecule has 0 fully saturated rings. The van der Waals surface area contributed by atoms with E-state index in [1.807, 2.05) is 43.3 Å². The second-order valence-corrected chi connectivity index (χ2v) is 4.85. The van der Waals surface area contributed by atoms with E-state index in [9.17, 15) is 0 Å². The van der Waals surface area contributed by atoms with Gasteiger partial charge in [0.25, 0.3) is 0 Å². The number of hydrogen-bond acceptors (Lipinski definition) is 3. The SMILES string of the molecule is CCCNc1cccc(Nc2ccc(C)cc2Cl)n1. The van der Waals surface area contributed by atoms with Crippen molar-refractivity contribution in [1.29, 1.82) is 0 Å². The van der Waals surface area contributed by atoms with Crippen LogP contribution in [0.1, 0.15) is 18.9 Å². The molecule has 19 heavy (non-hydrogen) atoms. The van der Waals surface area contributed by atoms with Crippen molar-refractivity contribution in [2.45, 2.75) is 20.3 Å². The average molecular weight is 276 g/mol. The van der Waals surface area contributed by atoms with E-state index >= 15 is 0 Å². The topological polar surface area (TPSA) is 37.0 Å². The van der Waals surface area contributed by atoms with Gasteiger partial charge in [-0.2, -0.15) is 0 Å². The number of hydrogen-bond donors (Lipinski definition) is 2. The summed E-state index contributed by atoms with van der Waals surface area (Å²) in [7, 11) is 0. The number of benzene rings is 1. The summed E-state index contributed by atoms with van der Waals surface area (Å²) in [6.07, 6.45) is 1.07. The van der Waals surface area contributed by atoms with E-state index < -0.39 is 0 Å². The standard InChI is InChI=1S/C15H18ClN3/c1-3-9-17-14-5-4-6-15(19-14)18-13-8-7-11(2)10-12(13)16/h4-8,10H,3,9H2,1-2H3,(H2,17,18,19). The van der Waals surface area contributed by atoms with Crippen LogP contribution in [0.4, 0.5) is 17.3 Å². The molecule has 0 aliphatic carbocycles. The number of anilines is 3. The normalized spacial score (nSPS) is 10.3. The molecule has 0 saturated carbocycles. The molecule has 0 aliphatic rings. The largest absolute Gasteiger partial charge is 0.370 e. The first kappa shape index (κ1) is 13.7. The summed E-state index contributed by atoms with van der Waals surface area (Å²) in [4.78, 5) is 4.49. The van der Waals surface area contributed by atoms with Crippen molar-refractivity contribution < 1.29 is 0 Å². The van der Waals surface area contributed by atoms with Crippen molar-refractivity contribution in [3.63, 3.8) is 0 Å². The monoisotopic (exact) mass is 275 g/mol. The Morgan fingerprint density at radius 1 is 1.16 bits per heavy atom. The molecule has 1 aromatic carbocycles. The predicted octanol–water partition coefficient (Wildman–Crippen LogP) is 4.61. The van der Waals surface area contributed by atoms with Crippen molar-refractivity contribution in [3.8, 4) is 0 Å². The highest BCUT2D eigenvalue weighted by Gasteiger charge is 2.02. The lowest BCUT2D eigenvalue weighted by Crippen LogP contribution is -2.03. The second-order valence-electron chi connectivity index (χ2n) is 4.44. The molecule has 100 valence electrons. The Morgan fingerprint density at radius 3 is 2.68 bits per heavy atom. The number of nitrogens with zero attached hydrogens (tertiary/aromatic N) is 1. The van der Waals surface area contributed by atoms with Crippen molar-refractivity contribution in [2.24, 2.45) is 0 Å². The summed E-state index contributed by atoms with van der Waals surface area (Å²) < 4.78 is 0. The summed E-state index contributed by atoms with van der Waals surface area (Å²) in [5.74, 6) is 1.65.